The lowest BCUT2D eigenvalue weighted by Crippen LogP contribution is -2.45. The molecule has 2 aromatic carbocycles. The fraction of sp³-hybridized carbons (Fsp3) is 0.400. The molecule has 1 atom stereocenters. The van der Waals surface area contributed by atoms with Crippen LogP contribution in [0.2, 0.25) is 0 Å². The van der Waals surface area contributed by atoms with E-state index in [1.165, 1.54) is 13.3 Å². The minimum Gasteiger partial charge on any atom is -0.493 e. The van der Waals surface area contributed by atoms with Crippen molar-refractivity contribution >= 4 is 24.1 Å². The van der Waals surface area contributed by atoms with Crippen LogP contribution in [0.1, 0.15) is 51.8 Å². The van der Waals surface area contributed by atoms with Gasteiger partial charge in [0.2, 0.25) is 0 Å². The van der Waals surface area contributed by atoms with E-state index in [0.29, 0.717) is 53.2 Å². The molecule has 42 heavy (non-hydrogen) atoms. The Morgan fingerprint density at radius 3 is 2.43 bits per heavy atom. The molecule has 12 nitrogen and oxygen atoms in total. The summed E-state index contributed by atoms with van der Waals surface area (Å²) in [5, 5.41) is 9.33. The smallest absolute Gasteiger partial charge is 0.338 e. The van der Waals surface area contributed by atoms with Crippen molar-refractivity contribution in [1.82, 2.24) is 16.1 Å². The van der Waals surface area contributed by atoms with Crippen molar-refractivity contribution in [2.24, 2.45) is 11.0 Å². The molecule has 0 aromatic heterocycles. The molecule has 1 heterocycles. The predicted octanol–water partition coefficient (Wildman–Crippen LogP) is 3.85. The van der Waals surface area contributed by atoms with E-state index in [9.17, 15) is 14.4 Å². The number of ether oxygens (including phenoxy) is 5. The molecule has 226 valence electrons. The molecular formula is C30H38N4O8. The van der Waals surface area contributed by atoms with Crippen LogP contribution in [-0.4, -0.2) is 57.7 Å². The van der Waals surface area contributed by atoms with Gasteiger partial charge in [-0.3, -0.25) is 4.79 Å². The van der Waals surface area contributed by atoms with E-state index in [-0.39, 0.29) is 24.5 Å². The first-order chi connectivity index (χ1) is 20.2. The highest BCUT2D eigenvalue weighted by Gasteiger charge is 2.32. The van der Waals surface area contributed by atoms with Gasteiger partial charge < -0.3 is 34.3 Å². The van der Waals surface area contributed by atoms with Crippen molar-refractivity contribution in [1.29, 1.82) is 0 Å². The SMILES string of the molecule is CCOC(=O)C1=C(C)NC(=O)N[C@@H]1c1ccc(OCC(=O)N/N=C\c2ccc(OCC(C)C)c(OCC)c2)c(OC)c1. The Kier molecular flexibility index (Phi) is 11.6. The second kappa shape index (κ2) is 15.3. The second-order valence-corrected chi connectivity index (χ2v) is 9.63. The third-order valence-electron chi connectivity index (χ3n) is 5.89. The number of benzene rings is 2. The topological polar surface area (TPSA) is 146 Å². The number of nitrogens with one attached hydrogen (secondary N) is 3. The lowest BCUT2D eigenvalue weighted by Gasteiger charge is -2.28. The third kappa shape index (κ3) is 8.63. The quantitative estimate of drug-likeness (QED) is 0.173. The summed E-state index contributed by atoms with van der Waals surface area (Å²) in [6.45, 7) is 10.2. The zero-order chi connectivity index (χ0) is 30.6. The Morgan fingerprint density at radius 2 is 1.74 bits per heavy atom. The molecule has 0 aliphatic carbocycles. The van der Waals surface area contributed by atoms with Gasteiger partial charge in [-0.15, -0.1) is 0 Å². The molecule has 3 amide bonds. The van der Waals surface area contributed by atoms with E-state index in [2.05, 4.69) is 35.0 Å². The fourth-order valence-corrected chi connectivity index (χ4v) is 4.01. The van der Waals surface area contributed by atoms with Crippen LogP contribution in [0.25, 0.3) is 0 Å². The lowest BCUT2D eigenvalue weighted by molar-refractivity contribution is -0.139. The Labute approximate surface area is 245 Å². The number of hydrogen-bond donors (Lipinski definition) is 3. The van der Waals surface area contributed by atoms with Crippen molar-refractivity contribution < 1.29 is 38.1 Å². The summed E-state index contributed by atoms with van der Waals surface area (Å²) in [6, 6.07) is 9.06. The number of rotatable bonds is 14. The summed E-state index contributed by atoms with van der Waals surface area (Å²) >= 11 is 0. The molecule has 0 saturated carbocycles. The average Bonchev–Trinajstić information content (AvgIpc) is 2.95. The average molecular weight is 583 g/mol. The fourth-order valence-electron chi connectivity index (χ4n) is 4.01. The van der Waals surface area contributed by atoms with E-state index < -0.39 is 23.9 Å². The van der Waals surface area contributed by atoms with Gasteiger partial charge in [-0.25, -0.2) is 15.0 Å². The maximum absolute atomic E-state index is 12.6. The molecule has 2 aromatic rings. The molecule has 1 aliphatic heterocycles. The van der Waals surface area contributed by atoms with Gasteiger partial charge in [-0.05, 0) is 68.1 Å². The number of methoxy groups -OCH3 is 1. The Bertz CT molecular complexity index is 1340. The third-order valence-corrected chi connectivity index (χ3v) is 5.89. The molecule has 12 heteroatoms. The highest BCUT2D eigenvalue weighted by Crippen LogP contribution is 2.34. The maximum Gasteiger partial charge on any atom is 0.338 e. The summed E-state index contributed by atoms with van der Waals surface area (Å²) in [5.41, 5.74) is 4.37. The number of carbonyl (C=O) groups is 3. The van der Waals surface area contributed by atoms with Gasteiger partial charge in [0.1, 0.15) is 0 Å². The number of hydrogen-bond acceptors (Lipinski definition) is 9. The predicted molar refractivity (Wildman–Crippen MR) is 156 cm³/mol. The van der Waals surface area contributed by atoms with Crippen LogP contribution in [0.3, 0.4) is 0 Å². The molecule has 3 rings (SSSR count). The first-order valence-electron chi connectivity index (χ1n) is 13.6. The zero-order valence-electron chi connectivity index (χ0n) is 24.7. The molecule has 3 N–H and O–H groups in total. The molecule has 1 aliphatic rings. The zero-order valence-corrected chi connectivity index (χ0v) is 24.7. The molecule has 0 saturated heterocycles. The lowest BCUT2D eigenvalue weighted by atomic mass is 9.95. The second-order valence-electron chi connectivity index (χ2n) is 9.63. The van der Waals surface area contributed by atoms with Gasteiger partial charge in [0, 0.05) is 5.70 Å². The number of amides is 3. The van der Waals surface area contributed by atoms with Crippen LogP contribution in [-0.2, 0) is 14.3 Å². The van der Waals surface area contributed by atoms with Gasteiger partial charge >= 0.3 is 12.0 Å². The number of esters is 1. The van der Waals surface area contributed by atoms with E-state index in [4.69, 9.17) is 23.7 Å². The minimum absolute atomic E-state index is 0.187. The van der Waals surface area contributed by atoms with Gasteiger partial charge in [-0.2, -0.15) is 5.10 Å². The van der Waals surface area contributed by atoms with Gasteiger partial charge in [0.15, 0.2) is 29.6 Å². The molecular weight excluding hydrogens is 544 g/mol. The van der Waals surface area contributed by atoms with Crippen LogP contribution in [0.5, 0.6) is 23.0 Å². The van der Waals surface area contributed by atoms with Crippen LogP contribution in [0.15, 0.2) is 52.8 Å². The summed E-state index contributed by atoms with van der Waals surface area (Å²) in [7, 11) is 1.44. The summed E-state index contributed by atoms with van der Waals surface area (Å²) in [6.07, 6.45) is 1.49. The number of urea groups is 1. The minimum atomic E-state index is -0.766. The van der Waals surface area contributed by atoms with Gasteiger partial charge in [-0.1, -0.05) is 19.9 Å². The van der Waals surface area contributed by atoms with Crippen molar-refractivity contribution in [2.45, 2.75) is 40.7 Å². The maximum atomic E-state index is 12.6. The van der Waals surface area contributed by atoms with Gasteiger partial charge in [0.25, 0.3) is 5.91 Å². The van der Waals surface area contributed by atoms with E-state index in [1.807, 2.05) is 13.0 Å². The number of allylic oxidation sites excluding steroid dienone is 1. The van der Waals surface area contributed by atoms with Gasteiger partial charge in [0.05, 0.1) is 44.8 Å². The summed E-state index contributed by atoms with van der Waals surface area (Å²) < 4.78 is 27.8. The monoisotopic (exact) mass is 582 g/mol. The number of nitrogens with zero attached hydrogens (tertiary/aromatic N) is 1. The standard InChI is InChI=1S/C30H38N4O8/c1-7-39-25-13-20(9-11-23(25)41-16-18(3)4)15-31-34-26(35)17-42-22-12-10-21(14-24(22)38-6)28-27(29(36)40-8-2)19(5)32-30(37)33-28/h9-15,18,28H,7-8,16-17H2,1-6H3,(H,34,35)(H2,32,33,37)/b31-15-/t28-/m1/s1. The molecule has 0 bridgehead atoms. The summed E-state index contributed by atoms with van der Waals surface area (Å²) in [5.74, 6) is 1.17. The number of hydrazone groups is 1. The molecule has 0 fully saturated rings. The van der Waals surface area contributed by atoms with Crippen molar-refractivity contribution in [3.63, 3.8) is 0 Å². The van der Waals surface area contributed by atoms with E-state index in [0.717, 1.165) is 0 Å². The Hall–Kier alpha value is -4.74. The van der Waals surface area contributed by atoms with E-state index in [1.54, 1.807) is 44.2 Å². The van der Waals surface area contributed by atoms with Crippen LogP contribution in [0, 0.1) is 5.92 Å². The Morgan fingerprint density at radius 1 is 1.00 bits per heavy atom. The van der Waals surface area contributed by atoms with Crippen molar-refractivity contribution in [3.8, 4) is 23.0 Å². The first-order valence-corrected chi connectivity index (χ1v) is 13.6. The first kappa shape index (κ1) is 31.8. The summed E-state index contributed by atoms with van der Waals surface area (Å²) in [4.78, 5) is 37.1. The molecule has 0 unspecified atom stereocenters. The van der Waals surface area contributed by atoms with Crippen LogP contribution in [0.4, 0.5) is 4.79 Å². The van der Waals surface area contributed by atoms with Crippen molar-refractivity contribution in [3.05, 3.63) is 58.8 Å². The normalized spacial score (nSPS) is 14.7. The van der Waals surface area contributed by atoms with Crippen molar-refractivity contribution in [2.75, 3.05) is 33.5 Å². The highest BCUT2D eigenvalue weighted by atomic mass is 16.5. The van der Waals surface area contributed by atoms with Crippen LogP contribution < -0.4 is 35.0 Å². The number of carbonyl (C=O) groups excluding carboxylic acids is 3. The highest BCUT2D eigenvalue weighted by molar-refractivity contribution is 5.95. The Balaban J connectivity index is 1.64. The van der Waals surface area contributed by atoms with E-state index >= 15 is 0 Å². The molecule has 0 radical (unpaired) electrons. The molecule has 0 spiro atoms. The largest absolute Gasteiger partial charge is 0.493 e. The van der Waals surface area contributed by atoms with Crippen LogP contribution >= 0.6 is 0 Å².